The monoisotopic (exact) mass is 189 g/mol. The highest BCUT2D eigenvalue weighted by Gasteiger charge is 2.32. The van der Waals surface area contributed by atoms with Crippen molar-refractivity contribution in [1.82, 2.24) is 4.98 Å². The molecule has 1 rings (SSSR count). The molecule has 0 atom stereocenters. The molecule has 0 fully saturated rings. The number of hydrogen-bond acceptors (Lipinski definition) is 3. The van der Waals surface area contributed by atoms with Crippen LogP contribution in [0, 0.1) is 0 Å². The minimum atomic E-state index is -4.43. The summed E-state index contributed by atoms with van der Waals surface area (Å²) < 4.78 is 36.2. The van der Waals surface area contributed by atoms with Crippen LogP contribution in [0.15, 0.2) is 23.3 Å². The third-order valence-electron chi connectivity index (χ3n) is 1.23. The van der Waals surface area contributed by atoms with Crippen LogP contribution in [0.2, 0.25) is 0 Å². The van der Waals surface area contributed by atoms with Crippen LogP contribution in [0.3, 0.4) is 0 Å². The Morgan fingerprint density at radius 2 is 2.08 bits per heavy atom. The number of anilines is 1. The molecule has 70 valence electrons. The van der Waals surface area contributed by atoms with E-state index in [2.05, 4.69) is 22.2 Å². The van der Waals surface area contributed by atoms with Crippen molar-refractivity contribution < 1.29 is 13.2 Å². The van der Waals surface area contributed by atoms with E-state index in [0.29, 0.717) is 0 Å². The molecule has 0 saturated carbocycles. The van der Waals surface area contributed by atoms with Crippen LogP contribution in [-0.2, 0) is 6.18 Å². The number of halogens is 3. The highest BCUT2D eigenvalue weighted by molar-refractivity contribution is 5.38. The molecule has 1 heterocycles. The second-order valence-corrected chi connectivity index (χ2v) is 2.18. The molecule has 0 aliphatic carbocycles. The molecule has 0 radical (unpaired) electrons. The Bertz CT molecular complexity index is 308. The van der Waals surface area contributed by atoms with Gasteiger partial charge >= 0.3 is 6.18 Å². The molecule has 6 heteroatoms. The predicted octanol–water partition coefficient (Wildman–Crippen LogP) is 2.13. The molecule has 0 bridgehead atoms. The van der Waals surface area contributed by atoms with E-state index >= 15 is 0 Å². The summed E-state index contributed by atoms with van der Waals surface area (Å²) >= 11 is 0. The SMILES string of the molecule is C=NNc1cccc(C(F)(F)F)n1. The molecular formula is C7H6F3N3. The average molecular weight is 189 g/mol. The van der Waals surface area contributed by atoms with Gasteiger partial charge in [-0.1, -0.05) is 6.07 Å². The number of aromatic nitrogens is 1. The second-order valence-electron chi connectivity index (χ2n) is 2.18. The third kappa shape index (κ3) is 2.43. The first-order chi connectivity index (χ1) is 6.04. The zero-order valence-corrected chi connectivity index (χ0v) is 6.47. The summed E-state index contributed by atoms with van der Waals surface area (Å²) in [6.07, 6.45) is -4.43. The maximum atomic E-state index is 12.1. The Labute approximate surface area is 72.3 Å². The second kappa shape index (κ2) is 3.42. The lowest BCUT2D eigenvalue weighted by Gasteiger charge is -2.06. The Morgan fingerprint density at radius 1 is 1.38 bits per heavy atom. The van der Waals surface area contributed by atoms with Crippen molar-refractivity contribution in [1.29, 1.82) is 0 Å². The average Bonchev–Trinajstić information content (AvgIpc) is 2.04. The predicted molar refractivity (Wildman–Crippen MR) is 42.4 cm³/mol. The van der Waals surface area contributed by atoms with E-state index in [1.54, 1.807) is 0 Å². The van der Waals surface area contributed by atoms with Crippen LogP contribution >= 0.6 is 0 Å². The number of nitrogens with one attached hydrogen (secondary N) is 1. The van der Waals surface area contributed by atoms with Crippen molar-refractivity contribution in [3.63, 3.8) is 0 Å². The van der Waals surface area contributed by atoms with Crippen molar-refractivity contribution in [2.24, 2.45) is 5.10 Å². The molecule has 1 aromatic rings. The summed E-state index contributed by atoms with van der Waals surface area (Å²) in [5.41, 5.74) is 1.27. The summed E-state index contributed by atoms with van der Waals surface area (Å²) in [4.78, 5) is 3.26. The third-order valence-corrected chi connectivity index (χ3v) is 1.23. The molecule has 0 spiro atoms. The molecule has 0 unspecified atom stereocenters. The van der Waals surface area contributed by atoms with Gasteiger partial charge in [-0.3, -0.25) is 5.43 Å². The van der Waals surface area contributed by atoms with E-state index in [1.807, 2.05) is 0 Å². The van der Waals surface area contributed by atoms with Gasteiger partial charge in [-0.15, -0.1) is 0 Å². The summed E-state index contributed by atoms with van der Waals surface area (Å²) in [5, 5.41) is 3.20. The van der Waals surface area contributed by atoms with Crippen molar-refractivity contribution in [2.45, 2.75) is 6.18 Å². The van der Waals surface area contributed by atoms with Crippen LogP contribution in [0.5, 0.6) is 0 Å². The Morgan fingerprint density at radius 3 is 2.62 bits per heavy atom. The Hall–Kier alpha value is -1.59. The quantitative estimate of drug-likeness (QED) is 0.571. The standard InChI is InChI=1S/C7H6F3N3/c1-11-13-6-4-2-3-5(12-6)7(8,9)10/h2-4H,1H2,(H,12,13). The molecule has 0 saturated heterocycles. The molecule has 1 aromatic heterocycles. The van der Waals surface area contributed by atoms with Gasteiger partial charge < -0.3 is 0 Å². The van der Waals surface area contributed by atoms with Gasteiger partial charge in [-0.2, -0.15) is 18.3 Å². The van der Waals surface area contributed by atoms with Gasteiger partial charge in [0, 0.05) is 6.72 Å². The van der Waals surface area contributed by atoms with Gasteiger partial charge in [0.1, 0.15) is 11.5 Å². The zero-order valence-electron chi connectivity index (χ0n) is 6.47. The maximum Gasteiger partial charge on any atom is 0.433 e. The molecule has 0 aromatic carbocycles. The Kier molecular flexibility index (Phi) is 2.50. The molecule has 0 aliphatic rings. The van der Waals surface area contributed by atoms with Crippen molar-refractivity contribution in [3.05, 3.63) is 23.9 Å². The largest absolute Gasteiger partial charge is 0.433 e. The molecule has 3 nitrogen and oxygen atoms in total. The smallest absolute Gasteiger partial charge is 0.262 e. The summed E-state index contributed by atoms with van der Waals surface area (Å²) in [7, 11) is 0. The van der Waals surface area contributed by atoms with E-state index < -0.39 is 11.9 Å². The van der Waals surface area contributed by atoms with Crippen molar-refractivity contribution in [3.8, 4) is 0 Å². The topological polar surface area (TPSA) is 37.3 Å². The minimum absolute atomic E-state index is 0.0184. The van der Waals surface area contributed by atoms with Crippen LogP contribution in [-0.4, -0.2) is 11.7 Å². The van der Waals surface area contributed by atoms with Gasteiger partial charge in [-0.05, 0) is 12.1 Å². The highest BCUT2D eigenvalue weighted by Crippen LogP contribution is 2.27. The fourth-order valence-corrected chi connectivity index (χ4v) is 0.736. The van der Waals surface area contributed by atoms with Gasteiger partial charge in [0.25, 0.3) is 0 Å². The lowest BCUT2D eigenvalue weighted by atomic mass is 10.3. The lowest BCUT2D eigenvalue weighted by molar-refractivity contribution is -0.141. The summed E-state index contributed by atoms with van der Waals surface area (Å²) in [5.74, 6) is 0.0184. The number of hydrazone groups is 1. The number of pyridine rings is 1. The van der Waals surface area contributed by atoms with Crippen molar-refractivity contribution >= 4 is 12.5 Å². The zero-order chi connectivity index (χ0) is 9.90. The van der Waals surface area contributed by atoms with Gasteiger partial charge in [0.15, 0.2) is 0 Å². The molecule has 1 N–H and O–H groups in total. The van der Waals surface area contributed by atoms with Gasteiger partial charge in [0.05, 0.1) is 0 Å². The normalized spacial score (nSPS) is 11.0. The molecule has 13 heavy (non-hydrogen) atoms. The first-order valence-corrected chi connectivity index (χ1v) is 3.30. The highest BCUT2D eigenvalue weighted by atomic mass is 19.4. The van der Waals surface area contributed by atoms with Crippen LogP contribution < -0.4 is 5.43 Å². The van der Waals surface area contributed by atoms with Gasteiger partial charge in [-0.25, -0.2) is 4.98 Å². The number of hydrogen-bond donors (Lipinski definition) is 1. The van der Waals surface area contributed by atoms with Gasteiger partial charge in [0.2, 0.25) is 0 Å². The number of alkyl halides is 3. The van der Waals surface area contributed by atoms with E-state index in [-0.39, 0.29) is 5.82 Å². The van der Waals surface area contributed by atoms with E-state index in [1.165, 1.54) is 12.1 Å². The van der Waals surface area contributed by atoms with E-state index in [9.17, 15) is 13.2 Å². The van der Waals surface area contributed by atoms with E-state index in [0.717, 1.165) is 6.07 Å². The lowest BCUT2D eigenvalue weighted by Crippen LogP contribution is -2.08. The number of rotatable bonds is 2. The number of nitrogens with zero attached hydrogens (tertiary/aromatic N) is 2. The molecule has 0 amide bonds. The van der Waals surface area contributed by atoms with Crippen molar-refractivity contribution in [2.75, 3.05) is 5.43 Å². The molecular weight excluding hydrogens is 183 g/mol. The fourth-order valence-electron chi connectivity index (χ4n) is 0.736. The minimum Gasteiger partial charge on any atom is -0.262 e. The Balaban J connectivity index is 2.98. The fraction of sp³-hybridized carbons (Fsp3) is 0.143. The van der Waals surface area contributed by atoms with Crippen LogP contribution in [0.1, 0.15) is 5.69 Å². The van der Waals surface area contributed by atoms with Crippen LogP contribution in [0.4, 0.5) is 19.0 Å². The summed E-state index contributed by atoms with van der Waals surface area (Å²) in [6, 6.07) is 3.49. The van der Waals surface area contributed by atoms with E-state index in [4.69, 9.17) is 0 Å². The maximum absolute atomic E-state index is 12.1. The summed E-state index contributed by atoms with van der Waals surface area (Å²) in [6.45, 7) is 3.07. The first kappa shape index (κ1) is 9.50. The first-order valence-electron chi connectivity index (χ1n) is 3.30. The molecule has 0 aliphatic heterocycles. The van der Waals surface area contributed by atoms with Crippen LogP contribution in [0.25, 0.3) is 0 Å².